The zero-order chi connectivity index (χ0) is 86.4. The van der Waals surface area contributed by atoms with Crippen LogP contribution in [0.4, 0.5) is 5.82 Å². The summed E-state index contributed by atoms with van der Waals surface area (Å²) >= 11 is 40.8. The van der Waals surface area contributed by atoms with E-state index in [2.05, 4.69) is 190 Å². The number of carbonyl (C=O) groups is 7. The van der Waals surface area contributed by atoms with E-state index in [1.54, 1.807) is 80.7 Å². The summed E-state index contributed by atoms with van der Waals surface area (Å²) in [6.45, 7) is 19.3. The molecule has 1 aromatic carbocycles. The van der Waals surface area contributed by atoms with Crippen molar-refractivity contribution < 1.29 is 153 Å². The molecule has 8 aromatic heterocycles. The number of rotatable bonds is 14. The van der Waals surface area contributed by atoms with Crippen LogP contribution >= 0.6 is 147 Å². The number of nitrogens with two attached hydrogens (primary N) is 9. The molecule has 3 amide bonds. The third-order valence-corrected chi connectivity index (χ3v) is 13.5. The number of anilines is 1. The Balaban J connectivity index is -0.000000131. The first-order valence-corrected chi connectivity index (χ1v) is 42.6. The Hall–Kier alpha value is -4.34. The van der Waals surface area contributed by atoms with Crippen molar-refractivity contribution in [3.8, 4) is 0 Å². The number of ketones is 2. The third-order valence-electron chi connectivity index (χ3n) is 11.0. The van der Waals surface area contributed by atoms with Crippen molar-refractivity contribution in [2.75, 3.05) is 37.9 Å². The van der Waals surface area contributed by atoms with E-state index in [1.165, 1.54) is 45.4 Å². The fourth-order valence-corrected chi connectivity index (χ4v) is 8.00. The maximum absolute atomic E-state index is 11.1. The number of hydrogen-bond acceptors (Lipinski definition) is 32. The molecule has 0 aliphatic rings. The monoisotopic (exact) mass is 2090 g/mol. The number of aromatic amines is 3. The molecule has 0 aliphatic heterocycles. The molecule has 0 aliphatic carbocycles. The Bertz CT molecular complexity index is 4610. The molecule has 1 atom stereocenters. The van der Waals surface area contributed by atoms with Crippen LogP contribution in [0.3, 0.4) is 0 Å². The van der Waals surface area contributed by atoms with Crippen LogP contribution in [0.1, 0.15) is 79.1 Å². The normalized spacial score (nSPS) is 9.59. The van der Waals surface area contributed by atoms with Gasteiger partial charge in [-0.15, -0.1) is 12.4 Å². The quantitative estimate of drug-likeness (QED) is 0.00768. The fraction of sp³-hybridized carbons (Fsp3) is 0.328. The van der Waals surface area contributed by atoms with E-state index in [9.17, 15) is 56.1 Å². The number of benzene rings is 1. The van der Waals surface area contributed by atoms with Gasteiger partial charge < -0.3 is 90.4 Å². The minimum atomic E-state index is -3.57. The third kappa shape index (κ3) is 60.7. The molecule has 0 bridgehead atoms. The van der Waals surface area contributed by atoms with Gasteiger partial charge in [-0.2, -0.15) is 0 Å². The van der Waals surface area contributed by atoms with Crippen LogP contribution in [-0.4, -0.2) is 182 Å². The summed E-state index contributed by atoms with van der Waals surface area (Å²) in [5.74, 6) is -4.06. The molecule has 1 unspecified atom stereocenters. The molecule has 41 nitrogen and oxygen atoms in total. The average molecular weight is 2090 g/mol. The molecule has 57 heteroatoms. The summed E-state index contributed by atoms with van der Waals surface area (Å²) in [7, 11) is 2.27. The molecule has 9 aromatic rings. The van der Waals surface area contributed by atoms with E-state index in [0.29, 0.717) is 58.4 Å². The summed E-state index contributed by atoms with van der Waals surface area (Å²) < 4.78 is 55.0. The summed E-state index contributed by atoms with van der Waals surface area (Å²) in [6.07, 6.45) is 16.9. The number of primary sulfonamides is 1. The van der Waals surface area contributed by atoms with Crippen molar-refractivity contribution in [1.29, 1.82) is 0 Å². The summed E-state index contributed by atoms with van der Waals surface area (Å²) in [5.41, 5.74) is 44.6. The number of H-pyrrole nitrogens is 3. The standard InChI is InChI=1S/C7H5BrClN3.C7H6ClN3.C7H7N3O.C7H10N2O2S.C6H13BrO2.C6H7N3O2.C6H11NO3.C5H7N3O.C3H7N3O2.C3H4O2.CH5N.BHNS.Br2.Cl3OP.ClH.K.Na.2H2O/c1-4-2-10-6(9)7-11-3-5(8)12(4)7;1-5-4-10-6(8)7-9-2-3-11(5)7;1-5-4-9-7(11)6-8-2-3-10(5)6;8-5-6-1-3-7(4-2-6)12(9,10)11;1-3-8-6(5-7)9-4-2;1-3-2-8-6(11)4(9-3)5(7)10;1-3-10-6(9)5(7)4(2)8;1-3-2-7-5(9)4(6)8-3;4-1(2(5)7)3(6)8;1-3(5)2-4;1-2;1-2-3;1-2;1-5(2,3)4;;;;;/h2-3H,1H3;2-4H,1H3;2-4H,1H3,(H,9,11);1-4H,5,8H2,(H2,9,10,11);6H,3-5H2,1-2H3;2H,1H3,(H2,7,10)(H,8,11);5H,3,7H2,1-2H3;2H,1H3,(H2,6,8)(H,7,9);1H,4H2,(H2,5,7)(H2,6,8);2H,1H3;2H2,1H3;3H;;;1H;;;2*1H2/q;;;;;;;;;;;;;;;2*+1;;/p-2. The van der Waals surface area contributed by atoms with Crippen molar-refractivity contribution in [2.24, 2.45) is 49.6 Å². The Labute approximate surface area is 794 Å². The summed E-state index contributed by atoms with van der Waals surface area (Å²) in [4.78, 5) is 137. The number of aryl methyl sites for hydroxylation is 5. The van der Waals surface area contributed by atoms with Crippen LogP contribution in [0.5, 0.6) is 0 Å². The van der Waals surface area contributed by atoms with Gasteiger partial charge in [0.05, 0.1) is 34.4 Å². The molecule has 8 heterocycles. The first kappa shape index (κ1) is 131. The number of sulfonamides is 1. The Morgan fingerprint density at radius 1 is 0.704 bits per heavy atom. The second-order valence-corrected chi connectivity index (χ2v) is 29.8. The van der Waals surface area contributed by atoms with E-state index >= 15 is 0 Å². The van der Waals surface area contributed by atoms with Gasteiger partial charge in [0.15, 0.2) is 69.3 Å². The maximum Gasteiger partial charge on any atom is 1.00 e. The van der Waals surface area contributed by atoms with Gasteiger partial charge in [0.25, 0.3) is 22.6 Å². The van der Waals surface area contributed by atoms with Crippen molar-refractivity contribution in [1.82, 2.24) is 63.0 Å². The zero-order valence-electron chi connectivity index (χ0n) is 63.7. The topological polar surface area (TPSA) is 707 Å². The maximum atomic E-state index is 11.1. The summed E-state index contributed by atoms with van der Waals surface area (Å²) in [5, 5.41) is 3.28. The first-order valence-electron chi connectivity index (χ1n) is 29.9. The number of thiol groups is 1. The Kier molecular flexibility index (Phi) is 85.3. The number of nitrogens with zero attached hydrogens (tertiary/aromatic N) is 11. The Morgan fingerprint density at radius 2 is 1.11 bits per heavy atom. The van der Waals surface area contributed by atoms with E-state index in [0.717, 1.165) is 32.6 Å². The van der Waals surface area contributed by atoms with E-state index in [1.807, 2.05) is 49.6 Å². The predicted octanol–water partition coefficient (Wildman–Crippen LogP) is -0.253. The van der Waals surface area contributed by atoms with Crippen LogP contribution < -0.4 is 149 Å². The van der Waals surface area contributed by atoms with Gasteiger partial charge >= 0.3 is 117 Å². The van der Waals surface area contributed by atoms with Crippen LogP contribution in [-0.2, 0) is 64.1 Å². The molecular weight excluding hydrogens is 2010 g/mol. The molecule has 0 saturated heterocycles. The molecule has 9 rings (SSSR count). The number of imidazole rings is 3. The predicted molar refractivity (Wildman–Crippen MR) is 452 cm³/mol. The second kappa shape index (κ2) is 74.7. The van der Waals surface area contributed by atoms with Crippen LogP contribution in [0.25, 0.3) is 16.9 Å². The molecular formula is C58H86BBr4Cl6KN23NaO18PS2. The number of aldehydes is 1. The van der Waals surface area contributed by atoms with Crippen LogP contribution in [0.2, 0.25) is 10.3 Å². The van der Waals surface area contributed by atoms with Gasteiger partial charge in [0.2, 0.25) is 27.5 Å². The molecule has 115 heavy (non-hydrogen) atoms. The van der Waals surface area contributed by atoms with Gasteiger partial charge in [0.1, 0.15) is 4.60 Å². The number of primary amides is 3. The molecule has 1 radical (unpaired) electrons. The van der Waals surface area contributed by atoms with E-state index < -0.39 is 62.3 Å². The van der Waals surface area contributed by atoms with Crippen molar-refractivity contribution in [3.05, 3.63) is 172 Å². The van der Waals surface area contributed by atoms with Gasteiger partial charge in [-0.05, 0) is 137 Å². The van der Waals surface area contributed by atoms with Gasteiger partial charge in [-0.1, -0.05) is 51.3 Å². The van der Waals surface area contributed by atoms with Crippen molar-refractivity contribution in [2.45, 2.75) is 99.1 Å². The number of ether oxygens (including phenoxy) is 3. The molecule has 0 saturated carbocycles. The number of carbonyl (C=O) groups excluding carboxylic acids is 7. The smallest absolute Gasteiger partial charge is 0.870 e. The molecule has 0 spiro atoms. The Morgan fingerprint density at radius 3 is 1.44 bits per heavy atom. The first-order chi connectivity index (χ1) is 51.3. The van der Waals surface area contributed by atoms with Gasteiger partial charge in [-0.25, -0.2) is 53.2 Å². The fourth-order valence-electron chi connectivity index (χ4n) is 6.19. The molecule has 0 fully saturated rings. The average Bonchev–Trinajstić information content (AvgIpc) is 1.69. The second-order valence-electron chi connectivity index (χ2n) is 19.2. The number of esters is 1. The number of Topliss-reactive ketones (excluding diaryl/α,β-unsaturated/α-hetero) is 2. The van der Waals surface area contributed by atoms with E-state index in [-0.39, 0.29) is 157 Å². The number of nitrogens with one attached hydrogen (secondary N) is 3. The molecule has 633 valence electrons. The number of fused-ring (bicyclic) bond motifs is 3. The van der Waals surface area contributed by atoms with Crippen LogP contribution in [0.15, 0.2) is 114 Å². The number of halogens is 10. The van der Waals surface area contributed by atoms with Crippen LogP contribution in [0, 0.1) is 34.6 Å². The minimum absolute atomic E-state index is 0. The summed E-state index contributed by atoms with van der Waals surface area (Å²) in [6, 6.07) is 3.70. The number of alkyl halides is 1. The minimum Gasteiger partial charge on any atom is -0.870 e. The number of hydrogen-bond donors (Lipinski definition) is 13. The van der Waals surface area contributed by atoms with E-state index in [4.69, 9.17) is 71.3 Å². The molecule has 23 N–H and O–H groups in total. The number of aromatic nitrogens is 13. The number of amides is 3. The van der Waals surface area contributed by atoms with Crippen molar-refractivity contribution >= 4 is 229 Å². The van der Waals surface area contributed by atoms with Crippen molar-refractivity contribution in [3.63, 3.8) is 0 Å². The van der Waals surface area contributed by atoms with Gasteiger partial charge in [0, 0.05) is 128 Å². The largest absolute Gasteiger partial charge is 1.00 e. The zero-order valence-corrected chi connectivity index (χ0v) is 82.3. The van der Waals surface area contributed by atoms with Gasteiger partial charge in [-0.3, -0.25) is 56.5 Å². The SMILES string of the molecule is BrBr.CC(=O)C=O.CCOC(=O)C(N)C(C)=O.CCOC(CBr)OCC.CN.Cc1c[nH]c(=O)c(C(N)=O)n1.Cc1c[nH]c(=O)c(N)n1.Cc1c[nH]c(=O)c2nccn12.Cc1cnc(Cl)c2ncc(Br)n12.Cc1cnc(Cl)c2nccn12.Cl.NC(=O)C(N)C(N)=O.NCc1ccc(S(N)(=O)=O)cc1.O=P(Cl)(Cl)Cl.[B]=NS.[K+].[Na+].[OH-].[OH-]. The number of nitrogen functional groups attached to an aromatic ring is 1.